The Morgan fingerprint density at radius 2 is 2.00 bits per heavy atom. The number of rotatable bonds is 3. The van der Waals surface area contributed by atoms with Crippen molar-refractivity contribution in [2.75, 3.05) is 0 Å². The maximum Gasteiger partial charge on any atom is 0.237 e. The topological polar surface area (TPSA) is 103 Å². The number of amidine groups is 1. The van der Waals surface area contributed by atoms with Gasteiger partial charge in [-0.15, -0.1) is 0 Å². The number of quaternary nitrogens is 1. The molecule has 5 nitrogen and oxygen atoms in total. The molecule has 1 aromatic rings. The lowest BCUT2D eigenvalue weighted by molar-refractivity contribution is -0.577. The van der Waals surface area contributed by atoms with Crippen molar-refractivity contribution in [1.29, 1.82) is 10.7 Å². The molecule has 0 fully saturated rings. The molecule has 0 amide bonds. The van der Waals surface area contributed by atoms with E-state index in [2.05, 4.69) is 5.10 Å². The van der Waals surface area contributed by atoms with Crippen molar-refractivity contribution in [2.45, 2.75) is 0 Å². The van der Waals surface area contributed by atoms with E-state index in [4.69, 9.17) is 39.6 Å². The molecule has 82 valence electrons. The molecular weight excluding hydrogens is 249 g/mol. The second-order valence-electron chi connectivity index (χ2n) is 2.77. The first kappa shape index (κ1) is 12.5. The smallest absolute Gasteiger partial charge is 0.237 e. The van der Waals surface area contributed by atoms with E-state index in [0.29, 0.717) is 15.7 Å². The fourth-order valence-corrected chi connectivity index (χ4v) is 1.42. The minimum Gasteiger partial charge on any atom is -0.382 e. The standard InChI is InChI=1S/C9H7Cl2N5/c10-5-2-1-3-6(11)8(5)16-15-7(4-12)9(13)14/h1-3,16H,(H3,13,14)/p+1. The number of halogens is 2. The number of nitriles is 1. The summed E-state index contributed by atoms with van der Waals surface area (Å²) in [6.45, 7) is 0. The van der Waals surface area contributed by atoms with Crippen LogP contribution in [0.25, 0.3) is 0 Å². The molecule has 5 N–H and O–H groups in total. The summed E-state index contributed by atoms with van der Waals surface area (Å²) < 4.78 is 0. The van der Waals surface area contributed by atoms with Gasteiger partial charge in [-0.05, 0) is 12.1 Å². The molecule has 1 aromatic carbocycles. The summed E-state index contributed by atoms with van der Waals surface area (Å²) in [7, 11) is 0. The second kappa shape index (κ2) is 5.47. The van der Waals surface area contributed by atoms with Crippen LogP contribution in [-0.4, -0.2) is 11.5 Å². The van der Waals surface area contributed by atoms with Crippen LogP contribution < -0.4 is 11.2 Å². The van der Waals surface area contributed by atoms with Crippen molar-refractivity contribution >= 4 is 40.4 Å². The molecule has 0 radical (unpaired) electrons. The summed E-state index contributed by atoms with van der Waals surface area (Å²) in [5.41, 5.74) is 6.74. The minimum absolute atomic E-state index is 0.184. The first-order valence-electron chi connectivity index (χ1n) is 4.15. The van der Waals surface area contributed by atoms with Crippen LogP contribution in [0.15, 0.2) is 23.3 Å². The molecule has 7 heteroatoms. The van der Waals surface area contributed by atoms with Crippen LogP contribution in [-0.2, 0) is 0 Å². The Morgan fingerprint density at radius 1 is 1.44 bits per heavy atom. The summed E-state index contributed by atoms with van der Waals surface area (Å²) in [4.78, 5) is 0. The van der Waals surface area contributed by atoms with Crippen molar-refractivity contribution in [3.8, 4) is 6.07 Å². The predicted molar refractivity (Wildman–Crippen MR) is 63.0 cm³/mol. The molecule has 0 saturated carbocycles. The van der Waals surface area contributed by atoms with Gasteiger partial charge in [0, 0.05) is 0 Å². The average molecular weight is 257 g/mol. The number of hydrogen-bond donors (Lipinski definition) is 3. The van der Waals surface area contributed by atoms with Crippen molar-refractivity contribution in [3.63, 3.8) is 0 Å². The first-order chi connectivity index (χ1) is 7.56. The number of nitrogens with zero attached hydrogens (tertiary/aromatic N) is 2. The van der Waals surface area contributed by atoms with Gasteiger partial charge in [-0.3, -0.25) is 5.41 Å². The highest BCUT2D eigenvalue weighted by atomic mass is 35.5. The fourth-order valence-electron chi connectivity index (χ4n) is 0.922. The molecule has 1 rings (SSSR count). The van der Waals surface area contributed by atoms with Gasteiger partial charge >= 0.3 is 0 Å². The summed E-state index contributed by atoms with van der Waals surface area (Å²) in [5, 5.41) is 20.3. The summed E-state index contributed by atoms with van der Waals surface area (Å²) >= 11 is 11.8. The highest BCUT2D eigenvalue weighted by Crippen LogP contribution is 2.25. The molecule has 0 heterocycles. The van der Waals surface area contributed by atoms with Gasteiger partial charge in [-0.1, -0.05) is 34.4 Å². The van der Waals surface area contributed by atoms with Crippen molar-refractivity contribution in [1.82, 2.24) is 0 Å². The Morgan fingerprint density at radius 3 is 2.44 bits per heavy atom. The van der Waals surface area contributed by atoms with Crippen LogP contribution in [0.5, 0.6) is 0 Å². The molecule has 0 bridgehead atoms. The SMILES string of the molecule is N#CC(=N[NH2+]c1c(Cl)cccc1Cl)C(=N)N. The molecule has 0 spiro atoms. The van der Waals surface area contributed by atoms with E-state index in [0.717, 1.165) is 0 Å². The highest BCUT2D eigenvalue weighted by molar-refractivity contribution is 6.45. The molecular formula is C9H8Cl2N5+. The minimum atomic E-state index is -0.401. The van der Waals surface area contributed by atoms with Gasteiger partial charge in [-0.25, -0.2) is 0 Å². The van der Waals surface area contributed by atoms with E-state index in [9.17, 15) is 0 Å². The largest absolute Gasteiger partial charge is 0.382 e. The van der Waals surface area contributed by atoms with Crippen LogP contribution >= 0.6 is 23.2 Å². The molecule has 0 aliphatic heterocycles. The van der Waals surface area contributed by atoms with Crippen LogP contribution in [0.2, 0.25) is 10.0 Å². The molecule has 0 aliphatic rings. The van der Waals surface area contributed by atoms with Crippen molar-refractivity contribution < 1.29 is 5.43 Å². The lowest BCUT2D eigenvalue weighted by atomic mass is 10.3. The molecule has 0 atom stereocenters. The zero-order chi connectivity index (χ0) is 12.1. The lowest BCUT2D eigenvalue weighted by Gasteiger charge is -1.99. The van der Waals surface area contributed by atoms with Crippen LogP contribution in [0.3, 0.4) is 0 Å². The van der Waals surface area contributed by atoms with E-state index in [1.54, 1.807) is 24.3 Å². The summed E-state index contributed by atoms with van der Waals surface area (Å²) in [5.74, 6) is -0.401. The van der Waals surface area contributed by atoms with Gasteiger partial charge in [0.15, 0.2) is 11.5 Å². The molecule has 0 saturated heterocycles. The third-order valence-electron chi connectivity index (χ3n) is 1.68. The monoisotopic (exact) mass is 256 g/mol. The van der Waals surface area contributed by atoms with Gasteiger partial charge in [0.2, 0.25) is 5.71 Å². The van der Waals surface area contributed by atoms with Gasteiger partial charge in [0.05, 0.1) is 0 Å². The molecule has 0 aliphatic carbocycles. The quantitative estimate of drug-likeness (QED) is 0.247. The van der Waals surface area contributed by atoms with E-state index in [1.165, 1.54) is 5.43 Å². The van der Waals surface area contributed by atoms with Gasteiger partial charge in [-0.2, -0.15) is 10.7 Å². The summed E-state index contributed by atoms with van der Waals surface area (Å²) in [6, 6.07) is 6.68. The number of nitrogens with one attached hydrogen (secondary N) is 1. The number of benzene rings is 1. The van der Waals surface area contributed by atoms with Crippen LogP contribution in [0.1, 0.15) is 0 Å². The first-order valence-corrected chi connectivity index (χ1v) is 4.91. The van der Waals surface area contributed by atoms with E-state index >= 15 is 0 Å². The number of nitrogens with two attached hydrogens (primary N) is 2. The average Bonchev–Trinajstić information content (AvgIpc) is 2.22. The lowest BCUT2D eigenvalue weighted by Crippen LogP contribution is -2.72. The van der Waals surface area contributed by atoms with Crippen LogP contribution in [0, 0.1) is 16.7 Å². The van der Waals surface area contributed by atoms with Gasteiger partial charge in [0.25, 0.3) is 0 Å². The predicted octanol–water partition coefficient (Wildman–Crippen LogP) is 1.00. The molecule has 0 aromatic heterocycles. The zero-order valence-corrected chi connectivity index (χ0v) is 9.55. The normalized spacial score (nSPS) is 10.9. The Balaban J connectivity index is 2.99. The van der Waals surface area contributed by atoms with E-state index in [-0.39, 0.29) is 5.71 Å². The zero-order valence-electron chi connectivity index (χ0n) is 8.04. The Kier molecular flexibility index (Phi) is 4.26. The Hall–Kier alpha value is -1.61. The number of hydrogen-bond acceptors (Lipinski definition) is 3. The maximum absolute atomic E-state index is 8.63. The van der Waals surface area contributed by atoms with Gasteiger partial charge < -0.3 is 5.73 Å². The maximum atomic E-state index is 8.63. The third kappa shape index (κ3) is 2.94. The van der Waals surface area contributed by atoms with Gasteiger partial charge in [0.1, 0.15) is 16.1 Å². The third-order valence-corrected chi connectivity index (χ3v) is 2.34. The Bertz CT molecular complexity index is 469. The van der Waals surface area contributed by atoms with Crippen molar-refractivity contribution in [2.24, 2.45) is 10.8 Å². The fraction of sp³-hybridized carbons (Fsp3) is 0. The summed E-state index contributed by atoms with van der Waals surface area (Å²) in [6.07, 6.45) is 0. The van der Waals surface area contributed by atoms with Crippen LogP contribution in [0.4, 0.5) is 5.69 Å². The highest BCUT2D eigenvalue weighted by Gasteiger charge is 2.10. The van der Waals surface area contributed by atoms with E-state index < -0.39 is 5.84 Å². The Labute approximate surface area is 102 Å². The van der Waals surface area contributed by atoms with Crippen molar-refractivity contribution in [3.05, 3.63) is 28.2 Å². The molecule has 16 heavy (non-hydrogen) atoms. The second-order valence-corrected chi connectivity index (χ2v) is 3.58. The van der Waals surface area contributed by atoms with E-state index in [1.807, 2.05) is 0 Å². The molecule has 0 unspecified atom stereocenters.